The zero-order valence-electron chi connectivity index (χ0n) is 18.9. The van der Waals surface area contributed by atoms with Crippen molar-refractivity contribution in [3.8, 4) is 0 Å². The molecule has 4 aromatic rings. The van der Waals surface area contributed by atoms with Gasteiger partial charge < -0.3 is 10.6 Å². The van der Waals surface area contributed by atoms with E-state index in [0.717, 1.165) is 27.5 Å². The molecular formula is C28H22ClN3O2S. The normalized spacial score (nSPS) is 12.1. The van der Waals surface area contributed by atoms with E-state index in [1.165, 1.54) is 11.8 Å². The van der Waals surface area contributed by atoms with E-state index < -0.39 is 0 Å². The van der Waals surface area contributed by atoms with Crippen molar-refractivity contribution < 1.29 is 9.59 Å². The maximum atomic E-state index is 13.9. The van der Waals surface area contributed by atoms with Gasteiger partial charge in [-0.1, -0.05) is 54.1 Å². The Bertz CT molecular complexity index is 1390. The van der Waals surface area contributed by atoms with Gasteiger partial charge in [-0.05, 0) is 60.4 Å². The van der Waals surface area contributed by atoms with E-state index in [2.05, 4.69) is 10.6 Å². The lowest BCUT2D eigenvalue weighted by Crippen LogP contribution is -2.26. The zero-order chi connectivity index (χ0) is 24.4. The third kappa shape index (κ3) is 4.50. The van der Waals surface area contributed by atoms with Crippen molar-refractivity contribution in [2.24, 2.45) is 0 Å². The molecule has 0 radical (unpaired) electrons. The number of carbonyl (C=O) groups is 2. The van der Waals surface area contributed by atoms with Crippen LogP contribution in [0.1, 0.15) is 26.3 Å². The summed E-state index contributed by atoms with van der Waals surface area (Å²) in [4.78, 5) is 29.3. The Labute approximate surface area is 213 Å². The average Bonchev–Trinajstić information content (AvgIpc) is 3.05. The minimum atomic E-state index is -0.246. The van der Waals surface area contributed by atoms with E-state index in [0.29, 0.717) is 23.4 Å². The van der Waals surface area contributed by atoms with Crippen LogP contribution in [0.4, 0.5) is 22.7 Å². The van der Waals surface area contributed by atoms with Gasteiger partial charge in [-0.15, -0.1) is 11.8 Å². The molecule has 0 saturated carbocycles. The molecule has 2 amide bonds. The number of fused-ring (bicyclic) bond motifs is 2. The first-order chi connectivity index (χ1) is 17.1. The molecule has 5 rings (SSSR count). The first-order valence-electron chi connectivity index (χ1n) is 11.1. The summed E-state index contributed by atoms with van der Waals surface area (Å²) in [7, 11) is 0. The molecule has 2 N–H and O–H groups in total. The molecule has 1 aliphatic heterocycles. The smallest absolute Gasteiger partial charge is 0.264 e. The van der Waals surface area contributed by atoms with Crippen LogP contribution in [0.2, 0.25) is 5.02 Å². The van der Waals surface area contributed by atoms with Crippen LogP contribution in [0.25, 0.3) is 0 Å². The molecular weight excluding hydrogens is 478 g/mol. The second kappa shape index (κ2) is 9.86. The number of carbonyl (C=O) groups excluding carboxylic acids is 2. The molecule has 0 atom stereocenters. The molecule has 0 aliphatic carbocycles. The number of thioether (sulfide) groups is 1. The number of para-hydroxylation sites is 3. The Kier molecular flexibility index (Phi) is 6.49. The zero-order valence-corrected chi connectivity index (χ0v) is 20.5. The molecule has 174 valence electrons. The fraction of sp³-hybridized carbons (Fsp3) is 0.0714. The van der Waals surface area contributed by atoms with Gasteiger partial charge >= 0.3 is 0 Å². The van der Waals surface area contributed by atoms with Gasteiger partial charge in [-0.2, -0.15) is 0 Å². The molecule has 0 aromatic heterocycles. The van der Waals surface area contributed by atoms with E-state index >= 15 is 0 Å². The van der Waals surface area contributed by atoms with Gasteiger partial charge in [0.2, 0.25) is 0 Å². The third-order valence-electron chi connectivity index (χ3n) is 5.86. The number of amides is 2. The molecule has 0 saturated heterocycles. The van der Waals surface area contributed by atoms with Crippen LogP contribution in [0, 0.1) is 0 Å². The minimum Gasteiger partial charge on any atom is -0.379 e. The van der Waals surface area contributed by atoms with Crippen LogP contribution in [0.5, 0.6) is 0 Å². The number of hydrogen-bond donors (Lipinski definition) is 2. The third-order valence-corrected chi connectivity index (χ3v) is 6.97. The summed E-state index contributed by atoms with van der Waals surface area (Å²) in [5.41, 5.74) is 4.88. The lowest BCUT2D eigenvalue weighted by atomic mass is 10.1. The molecule has 0 unspecified atom stereocenters. The summed E-state index contributed by atoms with van der Waals surface area (Å²) in [5.74, 6) is -0.476. The predicted octanol–water partition coefficient (Wildman–Crippen LogP) is 7.22. The van der Waals surface area contributed by atoms with Crippen molar-refractivity contribution in [2.45, 2.75) is 11.4 Å². The Hall–Kier alpha value is -3.74. The van der Waals surface area contributed by atoms with Crippen LogP contribution in [0.15, 0.2) is 95.9 Å². The van der Waals surface area contributed by atoms with E-state index in [1.54, 1.807) is 29.2 Å². The Morgan fingerprint density at radius 3 is 2.40 bits per heavy atom. The van der Waals surface area contributed by atoms with E-state index in [-0.39, 0.29) is 16.8 Å². The quantitative estimate of drug-likeness (QED) is 0.291. The Balaban J connectivity index is 1.48. The van der Waals surface area contributed by atoms with E-state index in [4.69, 9.17) is 11.6 Å². The molecule has 0 bridgehead atoms. The second-order valence-electron chi connectivity index (χ2n) is 7.99. The molecule has 4 aromatic carbocycles. The van der Waals surface area contributed by atoms with Gasteiger partial charge in [0.1, 0.15) is 0 Å². The number of benzene rings is 4. The maximum absolute atomic E-state index is 13.9. The summed E-state index contributed by atoms with van der Waals surface area (Å²) in [6.45, 7) is 0.604. The van der Waals surface area contributed by atoms with Crippen molar-refractivity contribution in [1.29, 1.82) is 0 Å². The van der Waals surface area contributed by atoms with Gasteiger partial charge in [0, 0.05) is 17.1 Å². The number of rotatable bonds is 4. The SMILES string of the molecule is CSc1ccccc1C(=O)Nc1ccc(C(=O)N2c3ccccc3CNc3ccccc32)c(Cl)c1. The highest BCUT2D eigenvalue weighted by atomic mass is 35.5. The molecule has 1 heterocycles. The monoisotopic (exact) mass is 499 g/mol. The van der Waals surface area contributed by atoms with Crippen molar-refractivity contribution in [3.63, 3.8) is 0 Å². The van der Waals surface area contributed by atoms with Gasteiger partial charge in [-0.3, -0.25) is 14.5 Å². The molecule has 1 aliphatic rings. The molecule has 35 heavy (non-hydrogen) atoms. The lowest BCUT2D eigenvalue weighted by Gasteiger charge is -2.25. The second-order valence-corrected chi connectivity index (χ2v) is 9.24. The van der Waals surface area contributed by atoms with E-state index in [9.17, 15) is 9.59 Å². The topological polar surface area (TPSA) is 61.4 Å². The number of halogens is 1. The van der Waals surface area contributed by atoms with Crippen LogP contribution in [-0.2, 0) is 6.54 Å². The highest BCUT2D eigenvalue weighted by molar-refractivity contribution is 7.98. The Morgan fingerprint density at radius 2 is 1.60 bits per heavy atom. The number of nitrogens with zero attached hydrogens (tertiary/aromatic N) is 1. The van der Waals surface area contributed by atoms with Crippen LogP contribution >= 0.6 is 23.4 Å². The van der Waals surface area contributed by atoms with Crippen molar-refractivity contribution >= 4 is 57.9 Å². The first-order valence-corrected chi connectivity index (χ1v) is 12.7. The van der Waals surface area contributed by atoms with Gasteiger partial charge in [0.25, 0.3) is 11.8 Å². The summed E-state index contributed by atoms with van der Waals surface area (Å²) < 4.78 is 0. The predicted molar refractivity (Wildman–Crippen MR) is 144 cm³/mol. The van der Waals surface area contributed by atoms with Crippen molar-refractivity contribution in [3.05, 3.63) is 113 Å². The standard InChI is InChI=1S/C28H22ClN3O2S/c1-35-26-13-7-3-9-21(26)27(33)31-19-14-15-20(22(29)16-19)28(34)32-24-11-5-2-8-18(24)17-30-23-10-4-6-12-25(23)32/h2-16,30H,17H2,1H3,(H,31,33). The highest BCUT2D eigenvalue weighted by Gasteiger charge is 2.28. The minimum absolute atomic E-state index is 0.230. The van der Waals surface area contributed by atoms with Crippen LogP contribution in [-0.4, -0.2) is 18.1 Å². The molecule has 5 nitrogen and oxygen atoms in total. The molecule has 7 heteroatoms. The number of anilines is 4. The first kappa shape index (κ1) is 23.0. The highest BCUT2D eigenvalue weighted by Crippen LogP contribution is 2.39. The van der Waals surface area contributed by atoms with Gasteiger partial charge in [0.15, 0.2) is 0 Å². The number of nitrogens with one attached hydrogen (secondary N) is 2. The summed E-state index contributed by atoms with van der Waals surface area (Å²) in [6, 6.07) is 27.9. The lowest BCUT2D eigenvalue weighted by molar-refractivity contribution is 0.0997. The molecule has 0 spiro atoms. The van der Waals surface area contributed by atoms with Crippen molar-refractivity contribution in [2.75, 3.05) is 21.8 Å². The summed E-state index contributed by atoms with van der Waals surface area (Å²) in [6.07, 6.45) is 1.93. The van der Waals surface area contributed by atoms with Crippen LogP contribution in [0.3, 0.4) is 0 Å². The fourth-order valence-corrected chi connectivity index (χ4v) is 5.01. The van der Waals surface area contributed by atoms with E-state index in [1.807, 2.05) is 73.0 Å². The summed E-state index contributed by atoms with van der Waals surface area (Å²) in [5, 5.41) is 6.56. The van der Waals surface area contributed by atoms with Crippen molar-refractivity contribution in [1.82, 2.24) is 0 Å². The van der Waals surface area contributed by atoms with Gasteiger partial charge in [-0.25, -0.2) is 0 Å². The molecule has 0 fully saturated rings. The summed E-state index contributed by atoms with van der Waals surface area (Å²) >= 11 is 8.12. The fourth-order valence-electron chi connectivity index (χ4n) is 4.15. The largest absolute Gasteiger partial charge is 0.379 e. The van der Waals surface area contributed by atoms with Gasteiger partial charge in [0.05, 0.1) is 33.2 Å². The maximum Gasteiger partial charge on any atom is 0.264 e. The average molecular weight is 500 g/mol. The Morgan fingerprint density at radius 1 is 0.886 bits per heavy atom. The number of hydrogen-bond acceptors (Lipinski definition) is 4. The van der Waals surface area contributed by atoms with Crippen LogP contribution < -0.4 is 15.5 Å².